The molecule has 4 aliphatic rings. The van der Waals surface area contributed by atoms with E-state index in [0.29, 0.717) is 11.1 Å². The third-order valence-corrected chi connectivity index (χ3v) is 10.7. The molecule has 0 saturated carbocycles. The molecule has 2 aromatic carbocycles. The van der Waals surface area contributed by atoms with Crippen molar-refractivity contribution in [3.8, 4) is 0 Å². The van der Waals surface area contributed by atoms with Crippen LogP contribution in [0.4, 0.5) is 0 Å². The van der Waals surface area contributed by atoms with Crippen molar-refractivity contribution in [2.75, 3.05) is 13.2 Å². The highest BCUT2D eigenvalue weighted by Gasteiger charge is 2.56. The maximum atomic E-state index is 11.4. The fourth-order valence-corrected chi connectivity index (χ4v) is 7.26. The Bertz CT molecular complexity index is 1500. The highest BCUT2D eigenvalue weighted by molar-refractivity contribution is 5.14. The van der Waals surface area contributed by atoms with Crippen molar-refractivity contribution in [3.63, 3.8) is 0 Å². The van der Waals surface area contributed by atoms with Crippen LogP contribution in [0.3, 0.4) is 0 Å². The summed E-state index contributed by atoms with van der Waals surface area (Å²) in [6, 6.07) is 17.8. The molecule has 0 spiro atoms. The van der Waals surface area contributed by atoms with E-state index in [0.717, 1.165) is 0 Å². The Balaban J connectivity index is 1.27. The second-order valence-corrected chi connectivity index (χ2v) is 14.7. The van der Waals surface area contributed by atoms with Gasteiger partial charge in [-0.15, -0.1) is 0 Å². The van der Waals surface area contributed by atoms with Gasteiger partial charge in [-0.05, 0) is 25.0 Å². The predicted octanol–water partition coefficient (Wildman–Crippen LogP) is -3.24. The van der Waals surface area contributed by atoms with Crippen molar-refractivity contribution >= 4 is 0 Å². The number of hydrogen-bond donors (Lipinski definition) is 10. The van der Waals surface area contributed by atoms with Crippen LogP contribution in [0.5, 0.6) is 0 Å². The number of ether oxygens (including phenoxy) is 9. The van der Waals surface area contributed by atoms with Crippen molar-refractivity contribution in [1.82, 2.24) is 0 Å². The molecule has 0 aromatic heterocycles. The van der Waals surface area contributed by atoms with Crippen molar-refractivity contribution in [1.29, 1.82) is 0 Å². The molecule has 4 aliphatic heterocycles. The van der Waals surface area contributed by atoms with Crippen molar-refractivity contribution < 1.29 is 93.7 Å². The van der Waals surface area contributed by atoms with Gasteiger partial charge in [-0.1, -0.05) is 60.7 Å². The lowest BCUT2D eigenvalue weighted by atomic mass is 9.95. The van der Waals surface area contributed by atoms with Crippen molar-refractivity contribution in [3.05, 3.63) is 71.8 Å². The van der Waals surface area contributed by atoms with Gasteiger partial charge in [0.25, 0.3) is 0 Å². The first-order valence-electron chi connectivity index (χ1n) is 18.9. The predicted molar refractivity (Wildman–Crippen MR) is 189 cm³/mol. The van der Waals surface area contributed by atoms with E-state index in [4.69, 9.17) is 42.6 Å². The average molecular weight is 815 g/mol. The Kier molecular flexibility index (Phi) is 15.4. The molecule has 6 rings (SSSR count). The molecular formula is C38H54O19. The average Bonchev–Trinajstić information content (AvgIpc) is 3.21. The van der Waals surface area contributed by atoms with Crippen LogP contribution in [0.1, 0.15) is 25.0 Å². The van der Waals surface area contributed by atoms with Crippen LogP contribution in [-0.2, 0) is 55.8 Å². The lowest BCUT2D eigenvalue weighted by Gasteiger charge is -2.50. The van der Waals surface area contributed by atoms with Crippen LogP contribution >= 0.6 is 0 Å². The SMILES string of the molecule is CC1OC(O[C@@H]2C(O)C(O)OC(CO)C2OC2OC(CO)C(O)C(O)C2OC2O[C@@H](C)[C@@H](O)C(O)C2OCc2ccccc2)C(OCc2ccccc2)C(O)C1O. The molecule has 0 aliphatic carbocycles. The Morgan fingerprint density at radius 2 is 0.860 bits per heavy atom. The lowest BCUT2D eigenvalue weighted by Crippen LogP contribution is -2.68. The minimum atomic E-state index is -1.95. The van der Waals surface area contributed by atoms with E-state index in [-0.39, 0.29) is 13.2 Å². The molecule has 320 valence electrons. The van der Waals surface area contributed by atoms with E-state index in [1.54, 1.807) is 60.7 Å². The molecule has 2 aromatic rings. The van der Waals surface area contributed by atoms with Gasteiger partial charge in [-0.2, -0.15) is 0 Å². The van der Waals surface area contributed by atoms with Gasteiger partial charge in [0.2, 0.25) is 0 Å². The Hall–Kier alpha value is -2.32. The molecule has 20 atom stereocenters. The number of rotatable bonds is 14. The maximum absolute atomic E-state index is 11.4. The van der Waals surface area contributed by atoms with Gasteiger partial charge in [-0.3, -0.25) is 0 Å². The third-order valence-electron chi connectivity index (χ3n) is 10.7. The first kappa shape index (κ1) is 44.2. The molecule has 4 saturated heterocycles. The largest absolute Gasteiger partial charge is 0.394 e. The topological polar surface area (TPSA) is 285 Å². The van der Waals surface area contributed by atoms with E-state index >= 15 is 0 Å². The molecule has 19 heteroatoms. The summed E-state index contributed by atoms with van der Waals surface area (Å²) < 4.78 is 53.7. The monoisotopic (exact) mass is 814 g/mol. The van der Waals surface area contributed by atoms with Gasteiger partial charge in [0, 0.05) is 0 Å². The summed E-state index contributed by atoms with van der Waals surface area (Å²) in [4.78, 5) is 0. The third kappa shape index (κ3) is 10.0. The normalized spacial score (nSPS) is 44.1. The second-order valence-electron chi connectivity index (χ2n) is 14.7. The minimum absolute atomic E-state index is 0.0492. The number of aliphatic hydroxyl groups is 10. The first-order valence-corrected chi connectivity index (χ1v) is 18.9. The van der Waals surface area contributed by atoms with Crippen LogP contribution in [-0.4, -0.2) is 187 Å². The van der Waals surface area contributed by atoms with Gasteiger partial charge in [0.05, 0.1) is 38.6 Å². The molecule has 0 amide bonds. The highest BCUT2D eigenvalue weighted by Crippen LogP contribution is 2.36. The minimum Gasteiger partial charge on any atom is -0.394 e. The van der Waals surface area contributed by atoms with E-state index < -0.39 is 136 Å². The zero-order valence-electron chi connectivity index (χ0n) is 31.3. The van der Waals surface area contributed by atoms with Crippen molar-refractivity contribution in [2.24, 2.45) is 0 Å². The maximum Gasteiger partial charge on any atom is 0.187 e. The van der Waals surface area contributed by atoms with E-state index in [2.05, 4.69) is 0 Å². The Morgan fingerprint density at radius 1 is 0.439 bits per heavy atom. The van der Waals surface area contributed by atoms with E-state index in [9.17, 15) is 51.1 Å². The summed E-state index contributed by atoms with van der Waals surface area (Å²) in [7, 11) is 0. The van der Waals surface area contributed by atoms with Gasteiger partial charge < -0.3 is 93.7 Å². The van der Waals surface area contributed by atoms with Crippen LogP contribution in [0.2, 0.25) is 0 Å². The first-order chi connectivity index (χ1) is 27.3. The summed E-state index contributed by atoms with van der Waals surface area (Å²) in [5, 5.41) is 108. The molecule has 4 heterocycles. The lowest BCUT2D eigenvalue weighted by molar-refractivity contribution is -0.400. The van der Waals surface area contributed by atoms with Gasteiger partial charge in [0.1, 0.15) is 85.5 Å². The number of benzene rings is 2. The van der Waals surface area contributed by atoms with E-state index in [1.807, 2.05) is 0 Å². The number of aliphatic hydroxyl groups excluding tert-OH is 10. The van der Waals surface area contributed by atoms with Crippen molar-refractivity contribution in [2.45, 2.75) is 150 Å². The van der Waals surface area contributed by atoms with Crippen LogP contribution in [0.25, 0.3) is 0 Å². The van der Waals surface area contributed by atoms with Gasteiger partial charge in [-0.25, -0.2) is 0 Å². The zero-order chi connectivity index (χ0) is 41.0. The van der Waals surface area contributed by atoms with Crippen LogP contribution in [0.15, 0.2) is 60.7 Å². The molecule has 10 N–H and O–H groups in total. The Morgan fingerprint density at radius 3 is 1.33 bits per heavy atom. The summed E-state index contributed by atoms with van der Waals surface area (Å²) >= 11 is 0. The Labute approximate surface area is 328 Å². The second kappa shape index (κ2) is 19.8. The van der Waals surface area contributed by atoms with Gasteiger partial charge in [0.15, 0.2) is 25.2 Å². The fraction of sp³-hybridized carbons (Fsp3) is 0.684. The highest BCUT2D eigenvalue weighted by atomic mass is 16.8. The van der Waals surface area contributed by atoms with E-state index in [1.165, 1.54) is 13.8 Å². The van der Waals surface area contributed by atoms with Crippen LogP contribution in [0, 0.1) is 0 Å². The van der Waals surface area contributed by atoms with Crippen LogP contribution < -0.4 is 0 Å². The summed E-state index contributed by atoms with van der Waals surface area (Å²) in [5.74, 6) is 0. The molecule has 17 unspecified atom stereocenters. The zero-order valence-corrected chi connectivity index (χ0v) is 31.3. The summed E-state index contributed by atoms with van der Waals surface area (Å²) in [6.45, 7) is 1.20. The molecule has 57 heavy (non-hydrogen) atoms. The standard InChI is InChI=1S/C38H54O19/c1-17-23(41)26(44)32(49-15-19-9-5-3-6-10-19)36(51-17)56-31-29(47)35(48)53-22(14-40)30(31)55-38-34(28(46)25(43)21(13-39)54-38)57-37-33(27(45)24(42)18(2)52-37)50-16-20-11-7-4-8-12-20/h3-12,17-18,21-48H,13-16H2,1-2H3/t17?,18-,21?,22?,23?,24+,25?,26?,27?,28?,29?,30?,31+,32?,33?,34?,35?,36?,37?,38?/m0/s1. The molecular weight excluding hydrogens is 760 g/mol. The molecule has 19 nitrogen and oxygen atoms in total. The fourth-order valence-electron chi connectivity index (χ4n) is 7.26. The van der Waals surface area contributed by atoms with Gasteiger partial charge >= 0.3 is 0 Å². The quantitative estimate of drug-likeness (QED) is 0.0897. The smallest absolute Gasteiger partial charge is 0.187 e. The molecule has 0 radical (unpaired) electrons. The number of hydrogen-bond acceptors (Lipinski definition) is 19. The molecule has 4 fully saturated rings. The summed E-state index contributed by atoms with van der Waals surface area (Å²) in [6.07, 6.45) is -31.0. The molecule has 0 bridgehead atoms. The summed E-state index contributed by atoms with van der Waals surface area (Å²) in [5.41, 5.74) is 1.43.